The standard InChI is InChI=1S/C36H48O2/c1-25(2)11-7-13-27(5)15-9-17-29-19-21-31-33(23-29)35(37)32-22-20-30(24-34(32)36(31)38)18-10-16-28(6)14-8-12-26(3)4/h11,15-16,19-24,26,37-38H,7-10,12-14,17-18H2,1-6H3/b27-15+,28-16+. The van der Waals surface area contributed by atoms with E-state index in [0.29, 0.717) is 10.8 Å². The summed E-state index contributed by atoms with van der Waals surface area (Å²) in [6.45, 7) is 13.3. The number of allylic oxidation sites excluding steroid dienone is 6. The lowest BCUT2D eigenvalue weighted by atomic mass is 9.95. The van der Waals surface area contributed by atoms with Crippen LogP contribution in [0.2, 0.25) is 0 Å². The summed E-state index contributed by atoms with van der Waals surface area (Å²) in [4.78, 5) is 0. The second-order valence-corrected chi connectivity index (χ2v) is 11.7. The van der Waals surface area contributed by atoms with E-state index in [1.807, 2.05) is 24.3 Å². The zero-order chi connectivity index (χ0) is 27.7. The molecule has 0 atom stereocenters. The van der Waals surface area contributed by atoms with Crippen molar-refractivity contribution < 1.29 is 10.2 Å². The van der Waals surface area contributed by atoms with Crippen molar-refractivity contribution in [2.45, 2.75) is 99.3 Å². The first-order valence-corrected chi connectivity index (χ1v) is 14.5. The van der Waals surface area contributed by atoms with Crippen LogP contribution in [-0.4, -0.2) is 10.2 Å². The summed E-state index contributed by atoms with van der Waals surface area (Å²) < 4.78 is 0. The molecule has 0 unspecified atom stereocenters. The Morgan fingerprint density at radius 1 is 0.658 bits per heavy atom. The van der Waals surface area contributed by atoms with Gasteiger partial charge in [-0.2, -0.15) is 0 Å². The summed E-state index contributed by atoms with van der Waals surface area (Å²) in [6, 6.07) is 12.2. The Balaban J connectivity index is 1.71. The van der Waals surface area contributed by atoms with Gasteiger partial charge in [0.25, 0.3) is 0 Å². The minimum absolute atomic E-state index is 0.260. The number of fused-ring (bicyclic) bond motifs is 2. The molecule has 0 heterocycles. The van der Waals surface area contributed by atoms with Crippen LogP contribution >= 0.6 is 0 Å². The van der Waals surface area contributed by atoms with Gasteiger partial charge in [-0.3, -0.25) is 0 Å². The molecule has 0 aliphatic heterocycles. The lowest BCUT2D eigenvalue weighted by molar-refractivity contribution is 0.478. The first-order chi connectivity index (χ1) is 18.2. The summed E-state index contributed by atoms with van der Waals surface area (Å²) in [7, 11) is 0. The summed E-state index contributed by atoms with van der Waals surface area (Å²) in [6.07, 6.45) is 16.7. The second kappa shape index (κ2) is 14.2. The SMILES string of the molecule is CC(C)=CCC/C(C)=C/CCc1ccc2c(O)c3cc(CC/C=C(\C)CCCC(C)C)ccc3c(O)c2c1. The van der Waals surface area contributed by atoms with Crippen LogP contribution in [-0.2, 0) is 12.8 Å². The maximum Gasteiger partial charge on any atom is 0.131 e. The summed E-state index contributed by atoms with van der Waals surface area (Å²) in [5, 5.41) is 25.2. The quantitative estimate of drug-likeness (QED) is 0.136. The van der Waals surface area contributed by atoms with Crippen LogP contribution in [0.1, 0.15) is 97.6 Å². The minimum atomic E-state index is 0.260. The van der Waals surface area contributed by atoms with E-state index in [0.717, 1.165) is 55.2 Å². The van der Waals surface area contributed by atoms with E-state index in [9.17, 15) is 10.2 Å². The zero-order valence-electron chi connectivity index (χ0n) is 24.5. The van der Waals surface area contributed by atoms with E-state index < -0.39 is 0 Å². The molecule has 0 saturated carbocycles. The Morgan fingerprint density at radius 3 is 1.63 bits per heavy atom. The van der Waals surface area contributed by atoms with Gasteiger partial charge in [0, 0.05) is 21.5 Å². The van der Waals surface area contributed by atoms with Gasteiger partial charge in [0.1, 0.15) is 11.5 Å². The number of aryl methyl sites for hydroxylation is 2. The monoisotopic (exact) mass is 512 g/mol. The average Bonchev–Trinajstić information content (AvgIpc) is 2.86. The van der Waals surface area contributed by atoms with Crippen molar-refractivity contribution in [3.05, 3.63) is 82.5 Å². The van der Waals surface area contributed by atoms with Crippen LogP contribution in [0.4, 0.5) is 0 Å². The molecule has 0 bridgehead atoms. The molecule has 2 nitrogen and oxygen atoms in total. The average molecular weight is 513 g/mol. The fraction of sp³-hybridized carbons (Fsp3) is 0.444. The highest BCUT2D eigenvalue weighted by Crippen LogP contribution is 2.42. The molecular formula is C36H48O2. The van der Waals surface area contributed by atoms with Gasteiger partial charge < -0.3 is 10.2 Å². The number of hydrogen-bond donors (Lipinski definition) is 2. The van der Waals surface area contributed by atoms with Gasteiger partial charge in [0.2, 0.25) is 0 Å². The van der Waals surface area contributed by atoms with Gasteiger partial charge in [0.05, 0.1) is 0 Å². The Labute approximate surface area is 230 Å². The Bertz CT molecular complexity index is 1320. The lowest BCUT2D eigenvalue weighted by Crippen LogP contribution is -1.90. The molecular weight excluding hydrogens is 464 g/mol. The van der Waals surface area contributed by atoms with Gasteiger partial charge in [-0.05, 0) is 108 Å². The van der Waals surface area contributed by atoms with Crippen LogP contribution < -0.4 is 0 Å². The van der Waals surface area contributed by atoms with Gasteiger partial charge in [-0.15, -0.1) is 0 Å². The van der Waals surface area contributed by atoms with Crippen molar-refractivity contribution in [3.63, 3.8) is 0 Å². The van der Waals surface area contributed by atoms with E-state index >= 15 is 0 Å². The van der Waals surface area contributed by atoms with Crippen LogP contribution in [0.15, 0.2) is 71.3 Å². The molecule has 0 aromatic heterocycles. The number of rotatable bonds is 13. The van der Waals surface area contributed by atoms with Gasteiger partial charge >= 0.3 is 0 Å². The van der Waals surface area contributed by atoms with Gasteiger partial charge in [-0.1, -0.05) is 79.5 Å². The molecule has 0 amide bonds. The topological polar surface area (TPSA) is 40.5 Å². The second-order valence-electron chi connectivity index (χ2n) is 11.7. The number of benzene rings is 3. The van der Waals surface area contributed by atoms with Gasteiger partial charge in [0.15, 0.2) is 0 Å². The van der Waals surface area contributed by atoms with Crippen molar-refractivity contribution >= 4 is 21.5 Å². The van der Waals surface area contributed by atoms with E-state index in [1.165, 1.54) is 47.1 Å². The zero-order valence-corrected chi connectivity index (χ0v) is 24.5. The first-order valence-electron chi connectivity index (χ1n) is 14.5. The lowest BCUT2D eigenvalue weighted by Gasteiger charge is -2.12. The molecule has 0 aliphatic rings. The van der Waals surface area contributed by atoms with E-state index in [2.05, 4.69) is 71.9 Å². The maximum atomic E-state index is 11.1. The fourth-order valence-electron chi connectivity index (χ4n) is 5.14. The summed E-state index contributed by atoms with van der Waals surface area (Å²) in [5.41, 5.74) is 6.61. The van der Waals surface area contributed by atoms with Crippen molar-refractivity contribution in [2.24, 2.45) is 5.92 Å². The molecule has 0 radical (unpaired) electrons. The molecule has 0 fully saturated rings. The predicted octanol–water partition coefficient (Wildman–Crippen LogP) is 10.7. The predicted molar refractivity (Wildman–Crippen MR) is 166 cm³/mol. The number of phenolic OH excluding ortho intramolecular Hbond substituents is 2. The molecule has 0 aliphatic carbocycles. The number of phenols is 2. The molecule has 3 aromatic carbocycles. The van der Waals surface area contributed by atoms with E-state index in [1.54, 1.807) is 0 Å². The number of aromatic hydroxyl groups is 2. The molecule has 0 saturated heterocycles. The van der Waals surface area contributed by atoms with Crippen molar-refractivity contribution in [2.75, 3.05) is 0 Å². The van der Waals surface area contributed by atoms with Crippen LogP contribution in [0.25, 0.3) is 21.5 Å². The fourth-order valence-corrected chi connectivity index (χ4v) is 5.14. The molecule has 3 aromatic rings. The summed E-state index contributed by atoms with van der Waals surface area (Å²) in [5.74, 6) is 1.29. The third-order valence-corrected chi connectivity index (χ3v) is 7.48. The maximum absolute atomic E-state index is 11.1. The summed E-state index contributed by atoms with van der Waals surface area (Å²) >= 11 is 0. The Hall–Kier alpha value is -3.00. The Kier molecular flexibility index (Phi) is 11.1. The van der Waals surface area contributed by atoms with E-state index in [4.69, 9.17) is 0 Å². The van der Waals surface area contributed by atoms with Gasteiger partial charge in [-0.25, -0.2) is 0 Å². The molecule has 38 heavy (non-hydrogen) atoms. The molecule has 2 heteroatoms. The minimum Gasteiger partial charge on any atom is -0.507 e. The van der Waals surface area contributed by atoms with Crippen molar-refractivity contribution in [1.82, 2.24) is 0 Å². The van der Waals surface area contributed by atoms with Crippen LogP contribution in [0.5, 0.6) is 11.5 Å². The normalized spacial score (nSPS) is 12.6. The molecule has 3 rings (SSSR count). The highest BCUT2D eigenvalue weighted by molar-refractivity contribution is 6.10. The third kappa shape index (κ3) is 8.51. The van der Waals surface area contributed by atoms with Crippen LogP contribution in [0, 0.1) is 5.92 Å². The molecule has 0 spiro atoms. The highest BCUT2D eigenvalue weighted by Gasteiger charge is 2.14. The largest absolute Gasteiger partial charge is 0.507 e. The van der Waals surface area contributed by atoms with Crippen LogP contribution in [0.3, 0.4) is 0 Å². The first kappa shape index (κ1) is 29.6. The molecule has 2 N–H and O–H groups in total. The Morgan fingerprint density at radius 2 is 1.16 bits per heavy atom. The highest BCUT2D eigenvalue weighted by atomic mass is 16.3. The molecule has 204 valence electrons. The smallest absolute Gasteiger partial charge is 0.131 e. The van der Waals surface area contributed by atoms with Crippen molar-refractivity contribution in [3.8, 4) is 11.5 Å². The third-order valence-electron chi connectivity index (χ3n) is 7.48. The van der Waals surface area contributed by atoms with E-state index in [-0.39, 0.29) is 11.5 Å². The number of hydrogen-bond acceptors (Lipinski definition) is 2. The van der Waals surface area contributed by atoms with Crippen molar-refractivity contribution in [1.29, 1.82) is 0 Å².